The first-order valence-electron chi connectivity index (χ1n) is 7.78. The highest BCUT2D eigenvalue weighted by atomic mass is 79.9. The lowest BCUT2D eigenvalue weighted by Crippen LogP contribution is -2.09. The number of aromatic nitrogens is 1. The third-order valence-corrected chi connectivity index (χ3v) is 5.32. The Balaban J connectivity index is 1.77. The maximum absolute atomic E-state index is 4.68. The largest absolute Gasteiger partial charge is 0.241 e. The molecule has 0 radical (unpaired) electrons. The second-order valence-corrected chi connectivity index (χ2v) is 7.10. The zero-order chi connectivity index (χ0) is 15.3. The lowest BCUT2D eigenvalue weighted by Gasteiger charge is -2.24. The molecule has 4 rings (SSSR count). The van der Waals surface area contributed by atoms with Gasteiger partial charge in [0.25, 0.3) is 0 Å². The van der Waals surface area contributed by atoms with Crippen LogP contribution in [0.4, 0.5) is 0 Å². The second-order valence-electron chi connectivity index (χ2n) is 6.28. The van der Waals surface area contributed by atoms with Crippen LogP contribution in [-0.4, -0.2) is 4.98 Å². The summed E-state index contributed by atoms with van der Waals surface area (Å²) in [4.78, 5) is 4.68. The standard InChI is InChI=1S/C20H18BrN/c1-12-9-17-13(2)15-7-8-20(21)22-19(15)11-18(17)16(12)10-14-5-3-4-6-14/h3-5,7-9,11,13H,6,10H2,1-2H3. The van der Waals surface area contributed by atoms with Crippen LogP contribution in [0.3, 0.4) is 0 Å². The van der Waals surface area contributed by atoms with Crippen LogP contribution in [0.15, 0.2) is 68.9 Å². The summed E-state index contributed by atoms with van der Waals surface area (Å²) in [5.74, 6) is 0.415. The Kier molecular flexibility index (Phi) is 3.30. The Morgan fingerprint density at radius 3 is 2.91 bits per heavy atom. The molecular weight excluding hydrogens is 334 g/mol. The number of fused-ring (bicyclic) bond motifs is 2. The number of hydrogen-bond acceptors (Lipinski definition) is 1. The SMILES string of the molecule is CC1=C(CC2=CC=CC2)C2=Cc3nc(Br)ccc3C(C)C2=C1. The van der Waals surface area contributed by atoms with Crippen LogP contribution in [0.1, 0.15) is 43.9 Å². The van der Waals surface area contributed by atoms with Gasteiger partial charge in [0, 0.05) is 5.92 Å². The Morgan fingerprint density at radius 2 is 2.14 bits per heavy atom. The molecule has 0 spiro atoms. The third kappa shape index (κ3) is 2.17. The zero-order valence-corrected chi connectivity index (χ0v) is 14.4. The van der Waals surface area contributed by atoms with Gasteiger partial charge < -0.3 is 0 Å². The topological polar surface area (TPSA) is 12.9 Å². The van der Waals surface area contributed by atoms with E-state index in [-0.39, 0.29) is 0 Å². The number of nitrogens with zero attached hydrogens (tertiary/aromatic N) is 1. The Labute approximate surface area is 140 Å². The van der Waals surface area contributed by atoms with Crippen molar-refractivity contribution in [2.75, 3.05) is 0 Å². The maximum atomic E-state index is 4.68. The predicted octanol–water partition coefficient (Wildman–Crippen LogP) is 5.88. The molecule has 1 nitrogen and oxygen atoms in total. The van der Waals surface area contributed by atoms with E-state index in [4.69, 9.17) is 0 Å². The molecule has 0 fully saturated rings. The minimum Gasteiger partial charge on any atom is -0.241 e. The normalized spacial score (nSPS) is 22.3. The molecule has 0 saturated carbocycles. The minimum atomic E-state index is 0.415. The van der Waals surface area contributed by atoms with Crippen molar-refractivity contribution in [3.05, 3.63) is 80.2 Å². The zero-order valence-electron chi connectivity index (χ0n) is 12.9. The van der Waals surface area contributed by atoms with Crippen LogP contribution in [-0.2, 0) is 0 Å². The maximum Gasteiger partial charge on any atom is 0.106 e. The van der Waals surface area contributed by atoms with Crippen molar-refractivity contribution in [1.82, 2.24) is 4.98 Å². The fourth-order valence-corrected chi connectivity index (χ4v) is 3.97. The minimum absolute atomic E-state index is 0.415. The average Bonchev–Trinajstić information content (AvgIpc) is 3.10. The monoisotopic (exact) mass is 351 g/mol. The molecule has 0 amide bonds. The van der Waals surface area contributed by atoms with Crippen molar-refractivity contribution in [2.45, 2.75) is 32.6 Å². The van der Waals surface area contributed by atoms with Gasteiger partial charge in [-0.2, -0.15) is 0 Å². The number of hydrogen-bond donors (Lipinski definition) is 0. The Bertz CT molecular complexity index is 818. The highest BCUT2D eigenvalue weighted by Crippen LogP contribution is 2.47. The van der Waals surface area contributed by atoms with Crippen molar-refractivity contribution < 1.29 is 0 Å². The van der Waals surface area contributed by atoms with Gasteiger partial charge in [-0.25, -0.2) is 4.98 Å². The highest BCUT2D eigenvalue weighted by molar-refractivity contribution is 9.10. The number of rotatable bonds is 2. The molecule has 1 atom stereocenters. The number of pyridine rings is 1. The summed E-state index contributed by atoms with van der Waals surface area (Å²) < 4.78 is 0.908. The molecular formula is C20H18BrN. The van der Waals surface area contributed by atoms with E-state index in [1.54, 1.807) is 0 Å². The molecule has 2 heteroatoms. The molecule has 0 N–H and O–H groups in total. The summed E-state index contributed by atoms with van der Waals surface area (Å²) in [7, 11) is 0. The summed E-state index contributed by atoms with van der Waals surface area (Å²) in [6.45, 7) is 4.53. The van der Waals surface area contributed by atoms with Crippen molar-refractivity contribution >= 4 is 22.0 Å². The summed E-state index contributed by atoms with van der Waals surface area (Å²) in [6, 6.07) is 4.24. The smallest absolute Gasteiger partial charge is 0.106 e. The lowest BCUT2D eigenvalue weighted by molar-refractivity contribution is 0.878. The van der Waals surface area contributed by atoms with E-state index in [2.05, 4.69) is 71.2 Å². The number of allylic oxidation sites excluding steroid dienone is 9. The van der Waals surface area contributed by atoms with Crippen molar-refractivity contribution in [3.8, 4) is 0 Å². The van der Waals surface area contributed by atoms with Gasteiger partial charge in [0.1, 0.15) is 4.60 Å². The quantitative estimate of drug-likeness (QED) is 0.606. The molecule has 3 aliphatic rings. The molecule has 1 aromatic rings. The first-order valence-corrected chi connectivity index (χ1v) is 8.57. The van der Waals surface area contributed by atoms with Crippen LogP contribution in [0.5, 0.6) is 0 Å². The molecule has 110 valence electrons. The van der Waals surface area contributed by atoms with Gasteiger partial charge in [0.05, 0.1) is 5.69 Å². The van der Waals surface area contributed by atoms with Crippen LogP contribution in [0, 0.1) is 0 Å². The van der Waals surface area contributed by atoms with Gasteiger partial charge in [0.15, 0.2) is 0 Å². The first-order chi connectivity index (χ1) is 10.6. The van der Waals surface area contributed by atoms with E-state index in [0.29, 0.717) is 5.92 Å². The van der Waals surface area contributed by atoms with Gasteiger partial charge >= 0.3 is 0 Å². The molecule has 3 aliphatic carbocycles. The van der Waals surface area contributed by atoms with Crippen molar-refractivity contribution in [2.24, 2.45) is 0 Å². The summed E-state index contributed by atoms with van der Waals surface area (Å²) in [6.07, 6.45) is 13.5. The molecule has 0 aromatic carbocycles. The molecule has 0 bridgehead atoms. The first kappa shape index (κ1) is 14.0. The van der Waals surface area contributed by atoms with E-state index < -0.39 is 0 Å². The van der Waals surface area contributed by atoms with Gasteiger partial charge in [-0.1, -0.05) is 42.9 Å². The molecule has 0 saturated heterocycles. The Morgan fingerprint density at radius 1 is 1.27 bits per heavy atom. The van der Waals surface area contributed by atoms with Crippen LogP contribution < -0.4 is 0 Å². The Hall–Kier alpha value is -1.67. The number of halogens is 1. The van der Waals surface area contributed by atoms with E-state index in [0.717, 1.165) is 23.1 Å². The van der Waals surface area contributed by atoms with Crippen LogP contribution >= 0.6 is 15.9 Å². The van der Waals surface area contributed by atoms with E-state index in [9.17, 15) is 0 Å². The third-order valence-electron chi connectivity index (χ3n) is 4.87. The fourth-order valence-electron chi connectivity index (χ4n) is 3.64. The van der Waals surface area contributed by atoms with E-state index in [1.807, 2.05) is 6.07 Å². The molecule has 1 unspecified atom stereocenters. The fraction of sp³-hybridized carbons (Fsp3) is 0.250. The van der Waals surface area contributed by atoms with E-state index in [1.165, 1.54) is 33.4 Å². The molecule has 22 heavy (non-hydrogen) atoms. The molecule has 1 heterocycles. The molecule has 1 aromatic heterocycles. The van der Waals surface area contributed by atoms with Crippen molar-refractivity contribution in [1.29, 1.82) is 0 Å². The van der Waals surface area contributed by atoms with E-state index >= 15 is 0 Å². The highest BCUT2D eigenvalue weighted by Gasteiger charge is 2.30. The second kappa shape index (κ2) is 5.20. The van der Waals surface area contributed by atoms with Gasteiger partial charge in [-0.05, 0) is 75.7 Å². The van der Waals surface area contributed by atoms with Crippen molar-refractivity contribution in [3.63, 3.8) is 0 Å². The van der Waals surface area contributed by atoms with Gasteiger partial charge in [-0.15, -0.1) is 0 Å². The van der Waals surface area contributed by atoms with Crippen LogP contribution in [0.2, 0.25) is 0 Å². The summed E-state index contributed by atoms with van der Waals surface area (Å²) in [5, 5.41) is 0. The average molecular weight is 352 g/mol. The van der Waals surface area contributed by atoms with Gasteiger partial charge in [-0.3, -0.25) is 0 Å². The summed E-state index contributed by atoms with van der Waals surface area (Å²) in [5.41, 5.74) is 9.68. The van der Waals surface area contributed by atoms with Gasteiger partial charge in [0.2, 0.25) is 0 Å². The molecule has 0 aliphatic heterocycles. The summed E-state index contributed by atoms with van der Waals surface area (Å²) >= 11 is 3.50. The van der Waals surface area contributed by atoms with Crippen LogP contribution in [0.25, 0.3) is 6.08 Å². The predicted molar refractivity (Wildman–Crippen MR) is 95.6 cm³/mol. The lowest BCUT2D eigenvalue weighted by atomic mass is 9.81.